The van der Waals surface area contributed by atoms with Crippen LogP contribution in [0.5, 0.6) is 5.75 Å². The molecule has 0 saturated carbocycles. The van der Waals surface area contributed by atoms with Gasteiger partial charge >= 0.3 is 11.9 Å². The Labute approximate surface area is 202 Å². The molecule has 0 amide bonds. The summed E-state index contributed by atoms with van der Waals surface area (Å²) in [7, 11) is 0. The van der Waals surface area contributed by atoms with Crippen molar-refractivity contribution in [2.75, 3.05) is 26.4 Å². The van der Waals surface area contributed by atoms with Crippen molar-refractivity contribution >= 4 is 11.9 Å². The molecule has 6 nitrogen and oxygen atoms in total. The highest BCUT2D eigenvalue weighted by Crippen LogP contribution is 2.19. The molecule has 1 aromatic rings. The number of allylic oxidation sites excluding steroid dienone is 5. The third-order valence-electron chi connectivity index (χ3n) is 4.77. The zero-order valence-corrected chi connectivity index (χ0v) is 20.1. The van der Waals surface area contributed by atoms with Gasteiger partial charge in [-0.3, -0.25) is 0 Å². The van der Waals surface area contributed by atoms with Crippen LogP contribution in [0.1, 0.15) is 38.7 Å². The zero-order chi connectivity index (χ0) is 24.8. The molecule has 0 unspecified atom stereocenters. The van der Waals surface area contributed by atoms with E-state index in [-0.39, 0.29) is 11.9 Å². The highest BCUT2D eigenvalue weighted by Gasteiger charge is 2.05. The topological polar surface area (TPSA) is 71.1 Å². The fraction of sp³-hybridized carbons (Fsp3) is 0.357. The summed E-state index contributed by atoms with van der Waals surface area (Å²) in [5, 5.41) is 0. The summed E-state index contributed by atoms with van der Waals surface area (Å²) in [5.41, 5.74) is 3.18. The second-order valence-electron chi connectivity index (χ2n) is 8.01. The first kappa shape index (κ1) is 26.7. The minimum atomic E-state index is -0.373. The van der Waals surface area contributed by atoms with Gasteiger partial charge in [-0.05, 0) is 62.1 Å². The average molecular weight is 467 g/mol. The number of carbonyl (C=O) groups excluding carboxylic acids is 2. The standard InChI is InChI=1S/C28H34O6/c1-21(2)27(29)33-18-6-16-31-25-9-5-8-23(10-13-25)20-24-11-14-26(15-12-24)32-17-7-19-34-28(30)22(3)4/h8-15H,1,3,5-7,16-20H2,2,4H3. The Morgan fingerprint density at radius 3 is 1.97 bits per heavy atom. The molecule has 0 heterocycles. The van der Waals surface area contributed by atoms with E-state index in [9.17, 15) is 9.59 Å². The molecule has 0 atom stereocenters. The summed E-state index contributed by atoms with van der Waals surface area (Å²) in [5.74, 6) is 0.854. The van der Waals surface area contributed by atoms with Crippen LogP contribution in [0.4, 0.5) is 0 Å². The monoisotopic (exact) mass is 466 g/mol. The van der Waals surface area contributed by atoms with Crippen LogP contribution in [0.25, 0.3) is 0 Å². The van der Waals surface area contributed by atoms with Crippen LogP contribution in [-0.2, 0) is 30.2 Å². The van der Waals surface area contributed by atoms with Crippen LogP contribution >= 0.6 is 0 Å². The Hall–Kier alpha value is -3.54. The van der Waals surface area contributed by atoms with Crippen LogP contribution < -0.4 is 4.74 Å². The van der Waals surface area contributed by atoms with Crippen molar-refractivity contribution in [1.82, 2.24) is 0 Å². The Bertz CT molecular complexity index is 950. The maximum Gasteiger partial charge on any atom is 0.333 e. The second-order valence-corrected chi connectivity index (χ2v) is 8.01. The van der Waals surface area contributed by atoms with Crippen LogP contribution in [0.3, 0.4) is 0 Å². The Kier molecular flexibility index (Phi) is 11.5. The van der Waals surface area contributed by atoms with E-state index in [1.807, 2.05) is 36.4 Å². The van der Waals surface area contributed by atoms with Crippen LogP contribution in [0, 0.1) is 0 Å². The lowest BCUT2D eigenvalue weighted by Gasteiger charge is -2.08. The molecule has 0 aromatic heterocycles. The first-order valence-electron chi connectivity index (χ1n) is 11.4. The predicted octanol–water partition coefficient (Wildman–Crippen LogP) is 5.41. The van der Waals surface area contributed by atoms with Gasteiger partial charge in [-0.1, -0.05) is 37.4 Å². The minimum Gasteiger partial charge on any atom is -0.494 e. The Morgan fingerprint density at radius 1 is 0.794 bits per heavy atom. The molecule has 0 spiro atoms. The smallest absolute Gasteiger partial charge is 0.333 e. The SMILES string of the molecule is C=C(C)C(=O)OCCCOC1=CCC=C(Cc2ccc(OCCCOC(=O)C(=C)C)cc2)C=C1. The average Bonchev–Trinajstić information content (AvgIpc) is 3.04. The molecule has 0 aliphatic heterocycles. The first-order chi connectivity index (χ1) is 16.3. The van der Waals surface area contributed by atoms with E-state index < -0.39 is 0 Å². The fourth-order valence-electron chi connectivity index (χ4n) is 2.90. The molecular weight excluding hydrogens is 432 g/mol. The highest BCUT2D eigenvalue weighted by molar-refractivity contribution is 5.87. The third kappa shape index (κ3) is 10.4. The number of rotatable bonds is 14. The molecule has 0 saturated heterocycles. The molecule has 1 aliphatic carbocycles. The number of hydrogen-bond acceptors (Lipinski definition) is 6. The lowest BCUT2D eigenvalue weighted by Crippen LogP contribution is -2.09. The zero-order valence-electron chi connectivity index (χ0n) is 20.1. The number of hydrogen-bond donors (Lipinski definition) is 0. The maximum absolute atomic E-state index is 11.4. The third-order valence-corrected chi connectivity index (χ3v) is 4.77. The van der Waals surface area contributed by atoms with E-state index in [0.717, 1.165) is 24.4 Å². The van der Waals surface area contributed by atoms with E-state index in [1.54, 1.807) is 13.8 Å². The van der Waals surface area contributed by atoms with Gasteiger partial charge in [0.1, 0.15) is 11.5 Å². The van der Waals surface area contributed by atoms with Gasteiger partial charge in [0.2, 0.25) is 0 Å². The summed E-state index contributed by atoms with van der Waals surface area (Å²) in [6.45, 7) is 11.9. The number of carbonyl (C=O) groups is 2. The molecule has 182 valence electrons. The van der Waals surface area contributed by atoms with E-state index in [4.69, 9.17) is 18.9 Å². The van der Waals surface area contributed by atoms with E-state index >= 15 is 0 Å². The van der Waals surface area contributed by atoms with Gasteiger partial charge in [0, 0.05) is 24.0 Å². The molecule has 0 fully saturated rings. The van der Waals surface area contributed by atoms with Gasteiger partial charge in [0.15, 0.2) is 0 Å². The van der Waals surface area contributed by atoms with Gasteiger partial charge in [-0.15, -0.1) is 0 Å². The highest BCUT2D eigenvalue weighted by atomic mass is 16.5. The minimum absolute atomic E-state index is 0.312. The molecule has 0 radical (unpaired) electrons. The Morgan fingerprint density at radius 2 is 1.38 bits per heavy atom. The normalized spacial score (nSPS) is 12.6. The molecule has 6 heteroatoms. The molecule has 0 N–H and O–H groups in total. The van der Waals surface area contributed by atoms with Crippen molar-refractivity contribution in [2.24, 2.45) is 0 Å². The largest absolute Gasteiger partial charge is 0.494 e. The summed E-state index contributed by atoms with van der Waals surface area (Å²) >= 11 is 0. The van der Waals surface area contributed by atoms with Crippen molar-refractivity contribution in [3.8, 4) is 5.75 Å². The van der Waals surface area contributed by atoms with Crippen LogP contribution in [-0.4, -0.2) is 38.4 Å². The van der Waals surface area contributed by atoms with Crippen molar-refractivity contribution in [3.05, 3.63) is 89.8 Å². The van der Waals surface area contributed by atoms with Gasteiger partial charge in [-0.2, -0.15) is 0 Å². The maximum atomic E-state index is 11.4. The van der Waals surface area contributed by atoms with E-state index in [1.165, 1.54) is 11.1 Å². The lowest BCUT2D eigenvalue weighted by molar-refractivity contribution is -0.140. The summed E-state index contributed by atoms with van der Waals surface area (Å²) in [6, 6.07) is 7.99. The second kappa shape index (κ2) is 14.6. The van der Waals surface area contributed by atoms with Crippen LogP contribution in [0.15, 0.2) is 84.2 Å². The summed E-state index contributed by atoms with van der Waals surface area (Å²) in [6.07, 6.45) is 11.1. The van der Waals surface area contributed by atoms with Crippen LogP contribution in [0.2, 0.25) is 0 Å². The van der Waals surface area contributed by atoms with Gasteiger partial charge < -0.3 is 18.9 Å². The number of benzene rings is 1. The number of esters is 2. The van der Waals surface area contributed by atoms with Crippen molar-refractivity contribution < 1.29 is 28.5 Å². The molecule has 1 aliphatic rings. The molecule has 1 aromatic carbocycles. The lowest BCUT2D eigenvalue weighted by atomic mass is 10.0. The van der Waals surface area contributed by atoms with E-state index in [2.05, 4.69) is 25.3 Å². The molecule has 2 rings (SSSR count). The van der Waals surface area contributed by atoms with E-state index in [0.29, 0.717) is 50.4 Å². The van der Waals surface area contributed by atoms with Crippen molar-refractivity contribution in [2.45, 2.75) is 39.5 Å². The predicted molar refractivity (Wildman–Crippen MR) is 132 cm³/mol. The number of ether oxygens (including phenoxy) is 4. The van der Waals surface area contributed by atoms with Crippen molar-refractivity contribution in [1.29, 1.82) is 0 Å². The summed E-state index contributed by atoms with van der Waals surface area (Å²) in [4.78, 5) is 22.7. The van der Waals surface area contributed by atoms with Gasteiger partial charge in [-0.25, -0.2) is 9.59 Å². The molecule has 0 bridgehead atoms. The fourth-order valence-corrected chi connectivity index (χ4v) is 2.90. The summed E-state index contributed by atoms with van der Waals surface area (Å²) < 4.78 is 21.6. The quantitative estimate of drug-likeness (QED) is 0.207. The van der Waals surface area contributed by atoms with Gasteiger partial charge in [0.25, 0.3) is 0 Å². The van der Waals surface area contributed by atoms with Gasteiger partial charge in [0.05, 0.1) is 26.4 Å². The Balaban J connectivity index is 1.67. The molecular formula is C28H34O6. The van der Waals surface area contributed by atoms with Crippen molar-refractivity contribution in [3.63, 3.8) is 0 Å². The first-order valence-corrected chi connectivity index (χ1v) is 11.4. The molecule has 34 heavy (non-hydrogen) atoms.